The van der Waals surface area contributed by atoms with Crippen LogP contribution in [0.25, 0.3) is 0 Å². The first-order chi connectivity index (χ1) is 10.1. The van der Waals surface area contributed by atoms with Gasteiger partial charge in [0.05, 0.1) is 25.2 Å². The molecule has 21 heavy (non-hydrogen) atoms. The molecule has 1 aliphatic heterocycles. The highest BCUT2D eigenvalue weighted by atomic mass is 32.2. The van der Waals surface area contributed by atoms with Crippen LogP contribution in [0.3, 0.4) is 0 Å². The van der Waals surface area contributed by atoms with Crippen LogP contribution in [-0.4, -0.2) is 62.4 Å². The van der Waals surface area contributed by atoms with Gasteiger partial charge in [0, 0.05) is 30.8 Å². The van der Waals surface area contributed by atoms with Gasteiger partial charge in [-0.05, 0) is 12.5 Å². The minimum Gasteiger partial charge on any atom is -0.481 e. The monoisotopic (exact) mass is 312 g/mol. The average molecular weight is 312 g/mol. The molecule has 0 saturated carbocycles. The summed E-state index contributed by atoms with van der Waals surface area (Å²) in [6, 6.07) is -0.418. The first-order valence-corrected chi connectivity index (χ1v) is 8.05. The molecule has 0 bridgehead atoms. The molecule has 2 amide bonds. The van der Waals surface area contributed by atoms with Crippen LogP contribution in [-0.2, 0) is 11.3 Å². The lowest BCUT2D eigenvalue weighted by molar-refractivity contribution is -0.137. The van der Waals surface area contributed by atoms with Crippen molar-refractivity contribution in [2.24, 2.45) is 0 Å². The van der Waals surface area contributed by atoms with Crippen molar-refractivity contribution in [3.8, 4) is 0 Å². The fraction of sp³-hybridized carbons (Fsp3) is 0.615. The molecule has 1 aliphatic rings. The van der Waals surface area contributed by atoms with Crippen LogP contribution >= 0.6 is 11.8 Å². The van der Waals surface area contributed by atoms with Crippen molar-refractivity contribution in [2.75, 3.05) is 24.6 Å². The lowest BCUT2D eigenvalue weighted by Gasteiger charge is -2.34. The third-order valence-corrected chi connectivity index (χ3v) is 4.37. The van der Waals surface area contributed by atoms with Crippen molar-refractivity contribution >= 4 is 23.8 Å². The summed E-state index contributed by atoms with van der Waals surface area (Å²) in [4.78, 5) is 24.7. The zero-order valence-electron chi connectivity index (χ0n) is 12.0. The number of amides is 2. The SMILES string of the molecule is Cc1cnn(CCNC(=O)N2CCSCC2CC(=O)O)c1. The van der Waals surface area contributed by atoms with E-state index < -0.39 is 5.97 Å². The van der Waals surface area contributed by atoms with Crippen LogP contribution in [0, 0.1) is 6.92 Å². The maximum absolute atomic E-state index is 12.2. The van der Waals surface area contributed by atoms with Gasteiger partial charge in [0.2, 0.25) is 0 Å². The smallest absolute Gasteiger partial charge is 0.317 e. The van der Waals surface area contributed by atoms with E-state index in [9.17, 15) is 9.59 Å². The van der Waals surface area contributed by atoms with Gasteiger partial charge in [0.15, 0.2) is 0 Å². The Balaban J connectivity index is 1.81. The first-order valence-electron chi connectivity index (χ1n) is 6.89. The largest absolute Gasteiger partial charge is 0.481 e. The Hall–Kier alpha value is -1.70. The number of carboxylic acids is 1. The number of carbonyl (C=O) groups is 2. The van der Waals surface area contributed by atoms with Crippen molar-refractivity contribution in [2.45, 2.75) is 25.9 Å². The number of hydrogen-bond donors (Lipinski definition) is 2. The molecule has 116 valence electrons. The van der Waals surface area contributed by atoms with Crippen LogP contribution in [0.4, 0.5) is 4.79 Å². The number of urea groups is 1. The Kier molecular flexibility index (Phi) is 5.49. The lowest BCUT2D eigenvalue weighted by Crippen LogP contribution is -2.51. The summed E-state index contributed by atoms with van der Waals surface area (Å²) < 4.78 is 1.77. The lowest BCUT2D eigenvalue weighted by atomic mass is 10.2. The molecule has 0 radical (unpaired) electrons. The number of aryl methyl sites for hydroxylation is 1. The second-order valence-corrected chi connectivity index (χ2v) is 6.18. The van der Waals surface area contributed by atoms with E-state index in [0.29, 0.717) is 25.4 Å². The van der Waals surface area contributed by atoms with E-state index in [4.69, 9.17) is 5.11 Å². The van der Waals surface area contributed by atoms with Crippen LogP contribution in [0.2, 0.25) is 0 Å². The topological polar surface area (TPSA) is 87.5 Å². The molecule has 1 unspecified atom stereocenters. The normalized spacial score (nSPS) is 18.5. The zero-order chi connectivity index (χ0) is 15.2. The summed E-state index contributed by atoms with van der Waals surface area (Å²) in [5.41, 5.74) is 1.08. The molecule has 2 N–H and O–H groups in total. The predicted molar refractivity (Wildman–Crippen MR) is 80.4 cm³/mol. The van der Waals surface area contributed by atoms with Crippen molar-refractivity contribution in [1.29, 1.82) is 0 Å². The Morgan fingerprint density at radius 3 is 3.05 bits per heavy atom. The molecule has 1 aromatic heterocycles. The summed E-state index contributed by atoms with van der Waals surface area (Å²) in [6.45, 7) is 3.63. The van der Waals surface area contributed by atoms with Gasteiger partial charge in [0.1, 0.15) is 0 Å². The molecule has 8 heteroatoms. The van der Waals surface area contributed by atoms with E-state index in [2.05, 4.69) is 10.4 Å². The molecule has 7 nitrogen and oxygen atoms in total. The standard InChI is InChI=1S/C13H20N4O3S/c1-10-7-15-16(8-10)3-2-14-13(20)17-4-5-21-9-11(17)6-12(18)19/h7-8,11H,2-6,9H2,1H3,(H,14,20)(H,18,19). The van der Waals surface area contributed by atoms with Gasteiger partial charge < -0.3 is 15.3 Å². The predicted octanol–water partition coefficient (Wildman–Crippen LogP) is 0.793. The summed E-state index contributed by atoms with van der Waals surface area (Å²) in [5, 5.41) is 15.9. The second-order valence-electron chi connectivity index (χ2n) is 5.03. The Bertz CT molecular complexity index is 505. The van der Waals surface area contributed by atoms with Gasteiger partial charge >= 0.3 is 12.0 Å². The second kappa shape index (κ2) is 7.35. The Morgan fingerprint density at radius 1 is 1.57 bits per heavy atom. The maximum atomic E-state index is 12.2. The van der Waals surface area contributed by atoms with Gasteiger partial charge in [-0.3, -0.25) is 9.48 Å². The van der Waals surface area contributed by atoms with Crippen LogP contribution < -0.4 is 5.32 Å². The Labute approximate surface area is 127 Å². The van der Waals surface area contributed by atoms with Gasteiger partial charge in [-0.1, -0.05) is 0 Å². The number of nitrogens with one attached hydrogen (secondary N) is 1. The van der Waals surface area contributed by atoms with E-state index >= 15 is 0 Å². The highest BCUT2D eigenvalue weighted by molar-refractivity contribution is 7.99. The highest BCUT2D eigenvalue weighted by Gasteiger charge is 2.28. The highest BCUT2D eigenvalue weighted by Crippen LogP contribution is 2.18. The molecule has 2 rings (SSSR count). The number of aliphatic carboxylic acids is 1. The van der Waals surface area contributed by atoms with Crippen molar-refractivity contribution in [1.82, 2.24) is 20.0 Å². The molecule has 2 heterocycles. The van der Waals surface area contributed by atoms with Gasteiger partial charge in [-0.25, -0.2) is 4.79 Å². The number of carbonyl (C=O) groups excluding carboxylic acids is 1. The first kappa shape index (κ1) is 15.7. The van der Waals surface area contributed by atoms with E-state index in [-0.39, 0.29) is 18.5 Å². The number of hydrogen-bond acceptors (Lipinski definition) is 4. The fourth-order valence-corrected chi connectivity index (χ4v) is 3.32. The van der Waals surface area contributed by atoms with E-state index in [1.807, 2.05) is 13.1 Å². The van der Waals surface area contributed by atoms with Crippen LogP contribution in [0.5, 0.6) is 0 Å². The summed E-state index contributed by atoms with van der Waals surface area (Å²) in [6.07, 6.45) is 3.68. The molecule has 1 atom stereocenters. The molecular formula is C13H20N4O3S. The van der Waals surface area contributed by atoms with E-state index in [1.165, 1.54) is 0 Å². The van der Waals surface area contributed by atoms with Crippen molar-refractivity contribution < 1.29 is 14.7 Å². The number of aromatic nitrogens is 2. The third kappa shape index (κ3) is 4.66. The molecule has 1 saturated heterocycles. The van der Waals surface area contributed by atoms with Crippen molar-refractivity contribution in [3.63, 3.8) is 0 Å². The van der Waals surface area contributed by atoms with Crippen LogP contribution in [0.1, 0.15) is 12.0 Å². The Morgan fingerprint density at radius 2 is 2.38 bits per heavy atom. The zero-order valence-corrected chi connectivity index (χ0v) is 12.8. The van der Waals surface area contributed by atoms with Gasteiger partial charge in [-0.2, -0.15) is 16.9 Å². The average Bonchev–Trinajstić information content (AvgIpc) is 2.84. The van der Waals surface area contributed by atoms with Gasteiger partial charge in [0.25, 0.3) is 0 Å². The van der Waals surface area contributed by atoms with Gasteiger partial charge in [-0.15, -0.1) is 0 Å². The van der Waals surface area contributed by atoms with E-state index in [0.717, 1.165) is 11.3 Å². The molecule has 1 fully saturated rings. The quantitative estimate of drug-likeness (QED) is 0.839. The fourth-order valence-electron chi connectivity index (χ4n) is 2.26. The number of nitrogens with zero attached hydrogens (tertiary/aromatic N) is 3. The summed E-state index contributed by atoms with van der Waals surface area (Å²) in [5.74, 6) is 0.660. The number of carboxylic acid groups (broad SMARTS) is 1. The molecular weight excluding hydrogens is 292 g/mol. The minimum atomic E-state index is -0.868. The molecule has 0 aromatic carbocycles. The van der Waals surface area contributed by atoms with Crippen LogP contribution in [0.15, 0.2) is 12.4 Å². The maximum Gasteiger partial charge on any atom is 0.317 e. The molecule has 1 aromatic rings. The summed E-state index contributed by atoms with van der Waals surface area (Å²) in [7, 11) is 0. The van der Waals surface area contributed by atoms with E-state index in [1.54, 1.807) is 27.5 Å². The van der Waals surface area contributed by atoms with Crippen molar-refractivity contribution in [3.05, 3.63) is 18.0 Å². The number of thioether (sulfide) groups is 1. The third-order valence-electron chi connectivity index (χ3n) is 3.28. The summed E-state index contributed by atoms with van der Waals surface area (Å²) >= 11 is 1.69. The molecule has 0 aliphatic carbocycles. The number of rotatable bonds is 5. The minimum absolute atomic E-state index is 0.00122. The molecule has 0 spiro atoms.